The lowest BCUT2D eigenvalue weighted by Crippen LogP contribution is -2.17. The van der Waals surface area contributed by atoms with E-state index in [4.69, 9.17) is 28.2 Å². The van der Waals surface area contributed by atoms with Crippen molar-refractivity contribution in [2.45, 2.75) is 31.2 Å². The Labute approximate surface area is 126 Å². The average molecular weight is 318 g/mol. The molecule has 0 aliphatic heterocycles. The second-order valence-corrected chi connectivity index (χ2v) is 8.60. The van der Waals surface area contributed by atoms with Crippen LogP contribution in [0.2, 0.25) is 10.3 Å². The first-order valence-corrected chi connectivity index (χ1v) is 8.91. The molecular formula is C13H17Cl2N3S. The summed E-state index contributed by atoms with van der Waals surface area (Å²) in [6.07, 6.45) is 4.32. The van der Waals surface area contributed by atoms with Gasteiger partial charge in [0.25, 0.3) is 0 Å². The molecule has 0 atom stereocenters. The molecule has 0 spiro atoms. The second kappa shape index (κ2) is 5.08. The summed E-state index contributed by atoms with van der Waals surface area (Å²) in [5, 5.41) is 2.65. The standard InChI is InChI=1S/C13H17Cl2N3S/c1-13(2,3)12-17-9-7(11(18-12)19(4)5)6-8(14)16-10(9)15/h6,19H,1-5H3. The molecule has 0 bridgehead atoms. The predicted octanol–water partition coefficient (Wildman–Crippen LogP) is 4.25. The number of nitrogens with zero attached hydrogens (tertiary/aromatic N) is 3. The smallest absolute Gasteiger partial charge is 0.157 e. The fourth-order valence-electron chi connectivity index (χ4n) is 1.72. The maximum atomic E-state index is 6.18. The summed E-state index contributed by atoms with van der Waals surface area (Å²) in [5.74, 6) is 0.789. The molecule has 0 unspecified atom stereocenters. The van der Waals surface area contributed by atoms with Gasteiger partial charge in [-0.15, -0.1) is 0 Å². The molecule has 2 rings (SSSR count). The molecule has 2 aromatic heterocycles. The SMILES string of the molecule is C[SH](C)c1nc(C(C)(C)C)nc2c(Cl)nc(Cl)cc12. The molecule has 0 radical (unpaired) electrons. The molecule has 2 heterocycles. The number of halogens is 2. The molecule has 2 aromatic rings. The first kappa shape index (κ1) is 14.8. The molecule has 0 aliphatic carbocycles. The highest BCUT2D eigenvalue weighted by Crippen LogP contribution is 2.37. The molecule has 6 heteroatoms. The Bertz CT molecular complexity index is 636. The Hall–Kier alpha value is -0.580. The lowest BCUT2D eigenvalue weighted by molar-refractivity contribution is 0.542. The average Bonchev–Trinajstić information content (AvgIpc) is 2.25. The van der Waals surface area contributed by atoms with Gasteiger partial charge in [-0.05, 0) is 18.6 Å². The molecule has 0 amide bonds. The summed E-state index contributed by atoms with van der Waals surface area (Å²) >= 11 is 12.2. The van der Waals surface area contributed by atoms with E-state index in [1.54, 1.807) is 6.07 Å². The lowest BCUT2D eigenvalue weighted by Gasteiger charge is -2.21. The third-order valence-corrected chi connectivity index (χ3v) is 4.33. The minimum atomic E-state index is -0.380. The van der Waals surface area contributed by atoms with Gasteiger partial charge in [-0.2, -0.15) is 0 Å². The van der Waals surface area contributed by atoms with E-state index in [0.717, 1.165) is 16.2 Å². The van der Waals surface area contributed by atoms with Gasteiger partial charge in [-0.25, -0.2) is 25.8 Å². The lowest BCUT2D eigenvalue weighted by atomic mass is 9.95. The highest BCUT2D eigenvalue weighted by molar-refractivity contribution is 8.16. The van der Waals surface area contributed by atoms with Crippen molar-refractivity contribution in [1.29, 1.82) is 0 Å². The zero-order valence-electron chi connectivity index (χ0n) is 11.6. The summed E-state index contributed by atoms with van der Waals surface area (Å²) in [5.41, 5.74) is 0.564. The van der Waals surface area contributed by atoms with Crippen LogP contribution in [0.25, 0.3) is 10.9 Å². The van der Waals surface area contributed by atoms with Gasteiger partial charge in [0, 0.05) is 10.8 Å². The predicted molar refractivity (Wildman–Crippen MR) is 85.2 cm³/mol. The zero-order chi connectivity index (χ0) is 14.4. The van der Waals surface area contributed by atoms with Crippen molar-refractivity contribution < 1.29 is 0 Å². The molecule has 3 nitrogen and oxygen atoms in total. The van der Waals surface area contributed by atoms with Crippen LogP contribution in [-0.2, 0) is 5.41 Å². The third-order valence-electron chi connectivity index (χ3n) is 2.68. The van der Waals surface area contributed by atoms with E-state index in [0.29, 0.717) is 15.8 Å². The van der Waals surface area contributed by atoms with Crippen molar-refractivity contribution in [2.24, 2.45) is 0 Å². The molecule has 19 heavy (non-hydrogen) atoms. The van der Waals surface area contributed by atoms with E-state index < -0.39 is 0 Å². The minimum absolute atomic E-state index is 0.128. The van der Waals surface area contributed by atoms with Crippen LogP contribution in [0.1, 0.15) is 26.6 Å². The van der Waals surface area contributed by atoms with Gasteiger partial charge in [-0.3, -0.25) is 0 Å². The minimum Gasteiger partial charge on any atom is -0.229 e. The summed E-state index contributed by atoms with van der Waals surface area (Å²) in [7, 11) is -0.380. The van der Waals surface area contributed by atoms with Crippen molar-refractivity contribution in [3.8, 4) is 0 Å². The van der Waals surface area contributed by atoms with Gasteiger partial charge in [0.1, 0.15) is 16.5 Å². The van der Waals surface area contributed by atoms with Crippen molar-refractivity contribution in [2.75, 3.05) is 12.5 Å². The number of rotatable bonds is 1. The van der Waals surface area contributed by atoms with Gasteiger partial charge in [0.05, 0.1) is 5.03 Å². The zero-order valence-corrected chi connectivity index (χ0v) is 14.0. The number of thiol groups is 1. The van der Waals surface area contributed by atoms with E-state index in [9.17, 15) is 0 Å². The van der Waals surface area contributed by atoms with Crippen LogP contribution in [0.3, 0.4) is 0 Å². The van der Waals surface area contributed by atoms with Crippen LogP contribution in [0.15, 0.2) is 11.1 Å². The Morgan fingerprint density at radius 1 is 1.05 bits per heavy atom. The van der Waals surface area contributed by atoms with E-state index >= 15 is 0 Å². The van der Waals surface area contributed by atoms with Crippen LogP contribution >= 0.6 is 34.1 Å². The van der Waals surface area contributed by atoms with Crippen LogP contribution in [0.4, 0.5) is 0 Å². The molecule has 104 valence electrons. The fraction of sp³-hybridized carbons (Fsp3) is 0.462. The quantitative estimate of drug-likeness (QED) is 0.485. The van der Waals surface area contributed by atoms with Gasteiger partial charge < -0.3 is 0 Å². The highest BCUT2D eigenvalue weighted by atomic mass is 35.5. The maximum Gasteiger partial charge on any atom is 0.157 e. The number of pyridine rings is 1. The fourth-order valence-corrected chi connectivity index (χ4v) is 3.14. The molecule has 0 N–H and O–H groups in total. The molecular weight excluding hydrogens is 301 g/mol. The normalized spacial score (nSPS) is 12.9. The Balaban J connectivity index is 2.88. The van der Waals surface area contributed by atoms with E-state index in [1.807, 2.05) is 0 Å². The van der Waals surface area contributed by atoms with Crippen LogP contribution in [0.5, 0.6) is 0 Å². The van der Waals surface area contributed by atoms with Crippen molar-refractivity contribution in [1.82, 2.24) is 15.0 Å². The molecule has 0 saturated carbocycles. The van der Waals surface area contributed by atoms with E-state index in [1.165, 1.54) is 0 Å². The summed E-state index contributed by atoms with van der Waals surface area (Å²) in [4.78, 5) is 13.4. The van der Waals surface area contributed by atoms with Crippen LogP contribution in [-0.4, -0.2) is 27.5 Å². The third kappa shape index (κ3) is 2.96. The van der Waals surface area contributed by atoms with Crippen molar-refractivity contribution in [3.05, 3.63) is 22.2 Å². The number of hydrogen-bond acceptors (Lipinski definition) is 3. The van der Waals surface area contributed by atoms with Crippen molar-refractivity contribution in [3.63, 3.8) is 0 Å². The first-order valence-electron chi connectivity index (χ1n) is 5.91. The molecule has 0 aliphatic rings. The largest absolute Gasteiger partial charge is 0.229 e. The van der Waals surface area contributed by atoms with Gasteiger partial charge in [-0.1, -0.05) is 44.0 Å². The number of aromatic nitrogens is 3. The highest BCUT2D eigenvalue weighted by Gasteiger charge is 2.21. The summed E-state index contributed by atoms with van der Waals surface area (Å²) in [6, 6.07) is 1.80. The number of hydrogen-bond donors (Lipinski definition) is 1. The maximum absolute atomic E-state index is 6.18. The second-order valence-electron chi connectivity index (χ2n) is 5.65. The van der Waals surface area contributed by atoms with Gasteiger partial charge >= 0.3 is 0 Å². The Morgan fingerprint density at radius 2 is 1.68 bits per heavy atom. The number of fused-ring (bicyclic) bond motifs is 1. The molecule has 0 aromatic carbocycles. The first-order chi connectivity index (χ1) is 8.70. The van der Waals surface area contributed by atoms with E-state index in [2.05, 4.69) is 43.3 Å². The molecule has 0 saturated heterocycles. The molecule has 0 fully saturated rings. The Morgan fingerprint density at radius 3 is 2.21 bits per heavy atom. The summed E-state index contributed by atoms with van der Waals surface area (Å²) < 4.78 is 0. The van der Waals surface area contributed by atoms with Crippen LogP contribution in [0, 0.1) is 0 Å². The van der Waals surface area contributed by atoms with Crippen LogP contribution < -0.4 is 0 Å². The van der Waals surface area contributed by atoms with Crippen molar-refractivity contribution >= 4 is 45.0 Å². The Kier molecular flexibility index (Phi) is 3.96. The summed E-state index contributed by atoms with van der Waals surface area (Å²) in [6.45, 7) is 6.26. The van der Waals surface area contributed by atoms with E-state index in [-0.39, 0.29) is 16.3 Å². The topological polar surface area (TPSA) is 38.7 Å². The monoisotopic (exact) mass is 317 g/mol. The van der Waals surface area contributed by atoms with Gasteiger partial charge in [0.15, 0.2) is 5.15 Å². The van der Waals surface area contributed by atoms with Gasteiger partial charge in [0.2, 0.25) is 0 Å².